The topological polar surface area (TPSA) is 124 Å². The Hall–Kier alpha value is -4.71. The molecule has 1 aromatic heterocycles. The average molecular weight is 587 g/mol. The standard InChI is InChI=1S/C30H30N6O5S/c1-20-7-9-22(10-8-20)28-31-32-30(35(28)24-11-13-26(41-3)14-12-24)42-19-27(37)33-15-16-34(21(2)18-33)29(38)23-5-4-6-25(17-23)36(39)40/h4-14,17,21H,15-16,18-19H2,1-3H3. The zero-order valence-electron chi connectivity index (χ0n) is 23.5. The summed E-state index contributed by atoms with van der Waals surface area (Å²) in [7, 11) is 1.61. The van der Waals surface area contributed by atoms with Gasteiger partial charge in [0, 0.05) is 54.6 Å². The van der Waals surface area contributed by atoms with Gasteiger partial charge in [0.15, 0.2) is 11.0 Å². The molecule has 12 heteroatoms. The number of ether oxygens (including phenoxy) is 1. The second kappa shape index (κ2) is 12.4. The van der Waals surface area contributed by atoms with Crippen molar-refractivity contribution in [3.8, 4) is 22.8 Å². The maximum atomic E-state index is 13.3. The SMILES string of the molecule is COc1ccc(-n2c(SCC(=O)N3CCN(C(=O)c4cccc([N+](=O)[O-])c4)C(C)C3)nnc2-c2ccc(C)cc2)cc1. The zero-order chi connectivity index (χ0) is 29.8. The molecule has 1 atom stereocenters. The monoisotopic (exact) mass is 586 g/mol. The second-order valence-corrected chi connectivity index (χ2v) is 10.9. The number of piperazine rings is 1. The number of aryl methyl sites for hydroxylation is 1. The molecule has 1 saturated heterocycles. The van der Waals surface area contributed by atoms with Gasteiger partial charge >= 0.3 is 0 Å². The molecule has 1 fully saturated rings. The Morgan fingerprint density at radius 2 is 1.79 bits per heavy atom. The molecule has 2 heterocycles. The van der Waals surface area contributed by atoms with Gasteiger partial charge in [0.05, 0.1) is 17.8 Å². The third-order valence-electron chi connectivity index (χ3n) is 7.14. The van der Waals surface area contributed by atoms with Crippen molar-refractivity contribution in [3.05, 3.63) is 94.0 Å². The zero-order valence-corrected chi connectivity index (χ0v) is 24.3. The number of methoxy groups -OCH3 is 1. The molecule has 4 aromatic rings. The van der Waals surface area contributed by atoms with Crippen LogP contribution in [0.1, 0.15) is 22.8 Å². The number of non-ortho nitro benzene ring substituents is 1. The summed E-state index contributed by atoms with van der Waals surface area (Å²) >= 11 is 1.30. The number of carbonyl (C=O) groups excluding carboxylic acids is 2. The molecule has 1 aliphatic heterocycles. The summed E-state index contributed by atoms with van der Waals surface area (Å²) < 4.78 is 7.25. The normalized spacial score (nSPS) is 15.0. The summed E-state index contributed by atoms with van der Waals surface area (Å²) in [6, 6.07) is 21.1. The van der Waals surface area contributed by atoms with E-state index < -0.39 is 4.92 Å². The predicted molar refractivity (Wildman–Crippen MR) is 159 cm³/mol. The predicted octanol–water partition coefficient (Wildman–Crippen LogP) is 4.62. The van der Waals surface area contributed by atoms with Crippen molar-refractivity contribution in [3.63, 3.8) is 0 Å². The van der Waals surface area contributed by atoms with Crippen LogP contribution in [-0.2, 0) is 4.79 Å². The molecule has 11 nitrogen and oxygen atoms in total. The number of hydrogen-bond donors (Lipinski definition) is 0. The van der Waals surface area contributed by atoms with Crippen molar-refractivity contribution in [1.29, 1.82) is 0 Å². The Kier molecular flexibility index (Phi) is 8.53. The van der Waals surface area contributed by atoms with Gasteiger partial charge in [0.2, 0.25) is 5.91 Å². The first-order valence-corrected chi connectivity index (χ1v) is 14.4. The number of amides is 2. The van der Waals surface area contributed by atoms with E-state index in [1.807, 2.05) is 66.9 Å². The first-order valence-electron chi connectivity index (χ1n) is 13.4. The highest BCUT2D eigenvalue weighted by Gasteiger charge is 2.31. The van der Waals surface area contributed by atoms with E-state index in [1.165, 1.54) is 30.0 Å². The van der Waals surface area contributed by atoms with Crippen molar-refractivity contribution >= 4 is 29.3 Å². The maximum absolute atomic E-state index is 13.3. The third-order valence-corrected chi connectivity index (χ3v) is 8.06. The lowest BCUT2D eigenvalue weighted by molar-refractivity contribution is -0.384. The average Bonchev–Trinajstić information content (AvgIpc) is 3.43. The molecule has 1 aliphatic rings. The minimum atomic E-state index is -0.520. The molecule has 216 valence electrons. The molecule has 42 heavy (non-hydrogen) atoms. The molecular formula is C30H30N6O5S. The highest BCUT2D eigenvalue weighted by Crippen LogP contribution is 2.29. The van der Waals surface area contributed by atoms with Crippen LogP contribution in [0.5, 0.6) is 5.75 Å². The minimum Gasteiger partial charge on any atom is -0.497 e. The molecule has 3 aromatic carbocycles. The van der Waals surface area contributed by atoms with Crippen molar-refractivity contribution in [2.45, 2.75) is 25.0 Å². The minimum absolute atomic E-state index is 0.0736. The molecule has 0 N–H and O–H groups in total. The number of benzene rings is 3. The Morgan fingerprint density at radius 1 is 1.05 bits per heavy atom. The number of nitro groups is 1. The summed E-state index contributed by atoms with van der Waals surface area (Å²) in [5.41, 5.74) is 3.00. The van der Waals surface area contributed by atoms with Crippen molar-refractivity contribution in [2.75, 3.05) is 32.5 Å². The number of hydrogen-bond acceptors (Lipinski definition) is 8. The van der Waals surface area contributed by atoms with Crippen molar-refractivity contribution in [2.24, 2.45) is 0 Å². The lowest BCUT2D eigenvalue weighted by Crippen LogP contribution is -2.55. The highest BCUT2D eigenvalue weighted by molar-refractivity contribution is 7.99. The summed E-state index contributed by atoms with van der Waals surface area (Å²) in [6.45, 7) is 4.95. The summed E-state index contributed by atoms with van der Waals surface area (Å²) in [5, 5.41) is 20.6. The van der Waals surface area contributed by atoms with Gasteiger partial charge in [-0.2, -0.15) is 0 Å². The van der Waals surface area contributed by atoms with Crippen LogP contribution in [0.25, 0.3) is 17.1 Å². The first kappa shape index (κ1) is 28.8. The van der Waals surface area contributed by atoms with Gasteiger partial charge in [-0.15, -0.1) is 10.2 Å². The highest BCUT2D eigenvalue weighted by atomic mass is 32.2. The molecule has 0 spiro atoms. The van der Waals surface area contributed by atoms with Gasteiger partial charge in [-0.3, -0.25) is 24.3 Å². The number of nitrogens with zero attached hydrogens (tertiary/aromatic N) is 6. The van der Waals surface area contributed by atoms with Gasteiger partial charge in [-0.1, -0.05) is 47.7 Å². The van der Waals surface area contributed by atoms with Gasteiger partial charge in [0.1, 0.15) is 5.75 Å². The summed E-state index contributed by atoms with van der Waals surface area (Å²) in [5.74, 6) is 1.18. The Labute approximate surface area is 247 Å². The Morgan fingerprint density at radius 3 is 2.45 bits per heavy atom. The van der Waals surface area contributed by atoms with E-state index in [-0.39, 0.29) is 34.9 Å². The van der Waals surface area contributed by atoms with Gasteiger partial charge < -0.3 is 14.5 Å². The van der Waals surface area contributed by atoms with Gasteiger partial charge in [-0.25, -0.2) is 0 Å². The largest absolute Gasteiger partial charge is 0.497 e. The second-order valence-electron chi connectivity index (χ2n) is 9.99. The lowest BCUT2D eigenvalue weighted by Gasteiger charge is -2.40. The smallest absolute Gasteiger partial charge is 0.270 e. The summed E-state index contributed by atoms with van der Waals surface area (Å²) in [6.07, 6.45) is 0. The number of nitro benzene ring substituents is 1. The van der Waals surface area contributed by atoms with E-state index in [0.717, 1.165) is 22.6 Å². The fourth-order valence-corrected chi connectivity index (χ4v) is 5.69. The van der Waals surface area contributed by atoms with Crippen LogP contribution in [-0.4, -0.2) is 79.8 Å². The molecule has 5 rings (SSSR count). The van der Waals surface area contributed by atoms with Crippen LogP contribution in [0.3, 0.4) is 0 Å². The van der Waals surface area contributed by atoms with Crippen LogP contribution in [0.2, 0.25) is 0 Å². The van der Waals surface area contributed by atoms with Crippen LogP contribution >= 0.6 is 11.8 Å². The van der Waals surface area contributed by atoms with E-state index in [4.69, 9.17) is 4.74 Å². The Bertz CT molecular complexity index is 1610. The first-order chi connectivity index (χ1) is 20.2. The number of rotatable bonds is 8. The number of thioether (sulfide) groups is 1. The van der Waals surface area contributed by atoms with Crippen molar-refractivity contribution in [1.82, 2.24) is 24.6 Å². The van der Waals surface area contributed by atoms with Crippen LogP contribution in [0.4, 0.5) is 5.69 Å². The van der Waals surface area contributed by atoms with Gasteiger partial charge in [0.25, 0.3) is 11.6 Å². The quantitative estimate of drug-likeness (QED) is 0.166. The third kappa shape index (κ3) is 6.13. The van der Waals surface area contributed by atoms with Crippen LogP contribution < -0.4 is 4.74 Å². The molecule has 0 saturated carbocycles. The van der Waals surface area contributed by atoms with E-state index in [9.17, 15) is 19.7 Å². The van der Waals surface area contributed by atoms with Crippen molar-refractivity contribution < 1.29 is 19.2 Å². The van der Waals surface area contributed by atoms with E-state index in [1.54, 1.807) is 23.0 Å². The fraction of sp³-hybridized carbons (Fsp3) is 0.267. The molecule has 0 bridgehead atoms. The molecular weight excluding hydrogens is 556 g/mol. The number of carbonyl (C=O) groups is 2. The van der Waals surface area contributed by atoms with E-state index in [2.05, 4.69) is 10.2 Å². The van der Waals surface area contributed by atoms with Crippen LogP contribution in [0.15, 0.2) is 78.0 Å². The van der Waals surface area contributed by atoms with Gasteiger partial charge in [-0.05, 0) is 44.2 Å². The number of aromatic nitrogens is 3. The maximum Gasteiger partial charge on any atom is 0.270 e. The Balaban J connectivity index is 1.29. The van der Waals surface area contributed by atoms with E-state index in [0.29, 0.717) is 30.6 Å². The van der Waals surface area contributed by atoms with Crippen LogP contribution in [0, 0.1) is 17.0 Å². The molecule has 0 radical (unpaired) electrons. The molecule has 1 unspecified atom stereocenters. The summed E-state index contributed by atoms with van der Waals surface area (Å²) in [4.78, 5) is 40.4. The fourth-order valence-electron chi connectivity index (χ4n) is 4.84. The lowest BCUT2D eigenvalue weighted by atomic mass is 10.1. The molecule has 2 amide bonds. The molecule has 0 aliphatic carbocycles. The van der Waals surface area contributed by atoms with E-state index >= 15 is 0 Å².